The molecule has 4 heterocycles. The molecule has 4 atom stereocenters. The zero-order valence-electron chi connectivity index (χ0n) is 19.1. The quantitative estimate of drug-likeness (QED) is 0.471. The summed E-state index contributed by atoms with van der Waals surface area (Å²) in [6.45, 7) is 4.61. The molecule has 0 spiro atoms. The second-order valence-electron chi connectivity index (χ2n) is 9.81. The Hall–Kier alpha value is -2.75. The van der Waals surface area contributed by atoms with Crippen LogP contribution in [0.3, 0.4) is 0 Å². The molecular formula is C24H31N7O2. The fourth-order valence-corrected chi connectivity index (χ4v) is 5.52. The normalized spacial score (nSPS) is 24.2. The summed E-state index contributed by atoms with van der Waals surface area (Å²) in [6.07, 6.45) is 5.91. The maximum absolute atomic E-state index is 10.9. The fraction of sp³-hybridized carbons (Fsp3) is 0.542. The van der Waals surface area contributed by atoms with E-state index in [0.717, 1.165) is 60.5 Å². The van der Waals surface area contributed by atoms with Crippen LogP contribution in [0.4, 0.5) is 5.82 Å². The highest BCUT2D eigenvalue weighted by molar-refractivity contribution is 5.44. The first-order valence-electron chi connectivity index (χ1n) is 11.8. The number of hydrogen-bond acceptors (Lipinski definition) is 7. The van der Waals surface area contributed by atoms with Crippen molar-refractivity contribution in [1.29, 1.82) is 0 Å². The van der Waals surface area contributed by atoms with E-state index < -0.39 is 6.23 Å². The van der Waals surface area contributed by atoms with Gasteiger partial charge in [0.2, 0.25) is 0 Å². The summed E-state index contributed by atoms with van der Waals surface area (Å²) >= 11 is 0. The summed E-state index contributed by atoms with van der Waals surface area (Å²) in [5.74, 6) is 2.81. The van der Waals surface area contributed by atoms with E-state index >= 15 is 0 Å². The van der Waals surface area contributed by atoms with Gasteiger partial charge < -0.3 is 19.7 Å². The monoisotopic (exact) mass is 449 g/mol. The van der Waals surface area contributed by atoms with Gasteiger partial charge in [-0.25, -0.2) is 9.97 Å². The third kappa shape index (κ3) is 3.74. The molecule has 0 radical (unpaired) electrons. The Kier molecular flexibility index (Phi) is 5.01. The lowest BCUT2D eigenvalue weighted by Gasteiger charge is -2.20. The third-order valence-corrected chi connectivity index (χ3v) is 7.58. The van der Waals surface area contributed by atoms with Gasteiger partial charge in [0.1, 0.15) is 12.0 Å². The second kappa shape index (κ2) is 7.93. The molecule has 3 aromatic rings. The third-order valence-electron chi connectivity index (χ3n) is 7.58. The van der Waals surface area contributed by atoms with Crippen LogP contribution in [0.5, 0.6) is 0 Å². The van der Waals surface area contributed by atoms with Gasteiger partial charge in [-0.2, -0.15) is 5.10 Å². The van der Waals surface area contributed by atoms with Gasteiger partial charge in [0.05, 0.1) is 36.9 Å². The molecule has 9 nitrogen and oxygen atoms in total. The molecule has 2 aliphatic carbocycles. The van der Waals surface area contributed by atoms with Crippen molar-refractivity contribution in [3.8, 4) is 0 Å². The van der Waals surface area contributed by atoms with Crippen LogP contribution in [0.15, 0.2) is 24.7 Å². The number of nitrogens with one attached hydrogen (secondary N) is 1. The number of anilines is 1. The zero-order valence-corrected chi connectivity index (χ0v) is 19.1. The van der Waals surface area contributed by atoms with Crippen molar-refractivity contribution in [3.05, 3.63) is 58.6 Å². The van der Waals surface area contributed by atoms with Crippen LogP contribution in [-0.4, -0.2) is 47.6 Å². The van der Waals surface area contributed by atoms with Crippen molar-refractivity contribution < 1.29 is 10.2 Å². The lowest BCUT2D eigenvalue weighted by atomic mass is 10.1. The van der Waals surface area contributed by atoms with Crippen molar-refractivity contribution in [2.24, 2.45) is 18.9 Å². The van der Waals surface area contributed by atoms with Gasteiger partial charge in [-0.3, -0.25) is 10.00 Å². The summed E-state index contributed by atoms with van der Waals surface area (Å²) in [4.78, 5) is 11.7. The Balaban J connectivity index is 1.16. The molecule has 0 amide bonds. The number of aliphatic hydroxyl groups is 2. The molecule has 9 heteroatoms. The first-order chi connectivity index (χ1) is 16.0. The molecule has 0 bridgehead atoms. The number of pyridine rings is 1. The predicted octanol–water partition coefficient (Wildman–Crippen LogP) is 1.58. The number of hydrogen-bond donors (Lipinski definition) is 3. The van der Waals surface area contributed by atoms with Crippen LogP contribution in [0.2, 0.25) is 0 Å². The van der Waals surface area contributed by atoms with Crippen LogP contribution in [-0.2, 0) is 26.6 Å². The van der Waals surface area contributed by atoms with Gasteiger partial charge in [0, 0.05) is 43.3 Å². The Morgan fingerprint density at radius 1 is 1.24 bits per heavy atom. The number of aromatic nitrogens is 5. The van der Waals surface area contributed by atoms with Crippen molar-refractivity contribution in [3.63, 3.8) is 0 Å². The van der Waals surface area contributed by atoms with E-state index in [9.17, 15) is 10.2 Å². The second-order valence-corrected chi connectivity index (χ2v) is 9.81. The molecule has 3 unspecified atom stereocenters. The Labute approximate surface area is 193 Å². The molecule has 6 rings (SSSR count). The molecule has 1 saturated carbocycles. The Morgan fingerprint density at radius 2 is 2.06 bits per heavy atom. The summed E-state index contributed by atoms with van der Waals surface area (Å²) in [6, 6.07) is 4.21. The van der Waals surface area contributed by atoms with E-state index in [1.807, 2.05) is 31.1 Å². The van der Waals surface area contributed by atoms with Crippen molar-refractivity contribution in [1.82, 2.24) is 29.6 Å². The van der Waals surface area contributed by atoms with E-state index in [4.69, 9.17) is 4.98 Å². The average Bonchev–Trinajstić information content (AvgIpc) is 3.23. The highest BCUT2D eigenvalue weighted by Crippen LogP contribution is 2.46. The number of fused-ring (bicyclic) bond motifs is 2. The van der Waals surface area contributed by atoms with E-state index in [-0.39, 0.29) is 12.6 Å². The van der Waals surface area contributed by atoms with Crippen LogP contribution in [0.1, 0.15) is 59.0 Å². The van der Waals surface area contributed by atoms with Gasteiger partial charge in [-0.05, 0) is 49.7 Å². The number of imidazole rings is 1. The van der Waals surface area contributed by atoms with Crippen LogP contribution >= 0.6 is 0 Å². The Morgan fingerprint density at radius 3 is 2.82 bits per heavy atom. The van der Waals surface area contributed by atoms with Crippen LogP contribution in [0.25, 0.3) is 0 Å². The van der Waals surface area contributed by atoms with Gasteiger partial charge in [0.25, 0.3) is 0 Å². The van der Waals surface area contributed by atoms with E-state index in [1.165, 1.54) is 12.1 Å². The number of aliphatic hydroxyl groups excluding tert-OH is 2. The molecule has 1 saturated heterocycles. The van der Waals surface area contributed by atoms with Gasteiger partial charge in [-0.1, -0.05) is 6.07 Å². The lowest BCUT2D eigenvalue weighted by molar-refractivity contribution is 0.119. The van der Waals surface area contributed by atoms with Crippen LogP contribution < -0.4 is 10.2 Å². The smallest absolute Gasteiger partial charge is 0.135 e. The molecule has 3 aromatic heterocycles. The van der Waals surface area contributed by atoms with Gasteiger partial charge >= 0.3 is 0 Å². The molecule has 3 aliphatic rings. The maximum Gasteiger partial charge on any atom is 0.135 e. The summed E-state index contributed by atoms with van der Waals surface area (Å²) in [7, 11) is 2.00. The SMILES string of the molecule is Cc1nc(N2CC3CC3C2)ccc1Cn1cc(C(O)N[C@@H]2CCc3c2ncn3C)c(CO)n1. The highest BCUT2D eigenvalue weighted by atomic mass is 16.3. The molecule has 174 valence electrons. The molecule has 33 heavy (non-hydrogen) atoms. The molecule has 2 fully saturated rings. The van der Waals surface area contributed by atoms with E-state index in [1.54, 1.807) is 4.68 Å². The van der Waals surface area contributed by atoms with Crippen molar-refractivity contribution >= 4 is 5.82 Å². The van der Waals surface area contributed by atoms with Crippen LogP contribution in [0, 0.1) is 18.8 Å². The molecule has 0 aromatic carbocycles. The maximum atomic E-state index is 10.9. The van der Waals surface area contributed by atoms with Gasteiger partial charge in [-0.15, -0.1) is 0 Å². The summed E-state index contributed by atoms with van der Waals surface area (Å²) in [5, 5.41) is 28.6. The molecule has 1 aliphatic heterocycles. The number of rotatable bonds is 7. The fourth-order valence-electron chi connectivity index (χ4n) is 5.52. The largest absolute Gasteiger partial charge is 0.390 e. The minimum atomic E-state index is -0.929. The zero-order chi connectivity index (χ0) is 22.7. The standard InChI is InChI=1S/C24H31N7O2/c1-14-15(3-6-22(26-14)30-8-16-7-17(16)9-30)10-31-11-18(20(12-32)28-31)24(33)27-19-4-5-21-23(19)25-13-29(21)2/h3,6,11,13,16-17,19,24,27,32-33H,4-5,7-10,12H2,1-2H3/t16?,17?,19-,24?/m1/s1. The number of nitrogens with zero attached hydrogens (tertiary/aromatic N) is 6. The lowest BCUT2D eigenvalue weighted by Crippen LogP contribution is -2.25. The van der Waals surface area contributed by atoms with E-state index in [2.05, 4.69) is 32.4 Å². The Bertz CT molecular complexity index is 1180. The minimum Gasteiger partial charge on any atom is -0.390 e. The van der Waals surface area contributed by atoms with Gasteiger partial charge in [0.15, 0.2) is 0 Å². The van der Waals surface area contributed by atoms with Crippen molar-refractivity contribution in [2.45, 2.75) is 51.6 Å². The summed E-state index contributed by atoms with van der Waals surface area (Å²) in [5.41, 5.74) is 5.34. The molecular weight excluding hydrogens is 418 g/mol. The number of aryl methyl sites for hydroxylation is 2. The predicted molar refractivity (Wildman–Crippen MR) is 122 cm³/mol. The first kappa shape index (κ1) is 20.8. The minimum absolute atomic E-state index is 0.0123. The highest BCUT2D eigenvalue weighted by Gasteiger charge is 2.45. The summed E-state index contributed by atoms with van der Waals surface area (Å²) < 4.78 is 3.82. The molecule has 3 N–H and O–H groups in total. The number of piperidine rings is 1. The van der Waals surface area contributed by atoms with Crippen molar-refractivity contribution in [2.75, 3.05) is 18.0 Å². The van der Waals surface area contributed by atoms with E-state index in [0.29, 0.717) is 17.8 Å². The topological polar surface area (TPSA) is 104 Å². The average molecular weight is 450 g/mol. The first-order valence-corrected chi connectivity index (χ1v) is 11.8.